The summed E-state index contributed by atoms with van der Waals surface area (Å²) < 4.78 is 27.7. The van der Waals surface area contributed by atoms with Gasteiger partial charge in [-0.3, -0.25) is 4.79 Å². The molecule has 0 aliphatic carbocycles. The lowest BCUT2D eigenvalue weighted by Crippen LogP contribution is -2.38. The topological polar surface area (TPSA) is 66.5 Å². The molecule has 1 saturated heterocycles. The molecule has 1 aliphatic heterocycles. The number of carbonyl (C=O) groups is 1. The molecule has 3 aromatic rings. The normalized spacial score (nSPS) is 15.4. The highest BCUT2D eigenvalue weighted by molar-refractivity contribution is 7.89. The van der Waals surface area contributed by atoms with Gasteiger partial charge in [-0.2, -0.15) is 4.31 Å². The van der Waals surface area contributed by atoms with Crippen molar-refractivity contribution in [1.82, 2.24) is 4.31 Å². The lowest BCUT2D eigenvalue weighted by atomic mass is 9.91. The first-order chi connectivity index (χ1) is 15.5. The van der Waals surface area contributed by atoms with Crippen LogP contribution in [0.1, 0.15) is 28.8 Å². The Hall–Kier alpha value is -2.96. The largest absolute Gasteiger partial charge is 0.378 e. The van der Waals surface area contributed by atoms with Crippen LogP contribution in [0.25, 0.3) is 0 Å². The maximum absolute atomic E-state index is 13.1. The third kappa shape index (κ3) is 5.44. The number of nitrogens with one attached hydrogen (secondary N) is 1. The average molecular weight is 449 g/mol. The van der Waals surface area contributed by atoms with Crippen molar-refractivity contribution in [2.45, 2.75) is 24.2 Å². The van der Waals surface area contributed by atoms with E-state index in [4.69, 9.17) is 0 Å². The van der Waals surface area contributed by atoms with Gasteiger partial charge < -0.3 is 5.32 Å². The average Bonchev–Trinajstić information content (AvgIpc) is 2.84. The molecule has 1 aliphatic rings. The Bertz CT molecular complexity index is 1120. The molecule has 1 fully saturated rings. The van der Waals surface area contributed by atoms with Crippen molar-refractivity contribution in [3.05, 3.63) is 96.1 Å². The number of benzene rings is 3. The van der Waals surface area contributed by atoms with Crippen LogP contribution in [0.5, 0.6) is 0 Å². The summed E-state index contributed by atoms with van der Waals surface area (Å²) >= 11 is 0. The standard InChI is InChI=1S/C26H28N2O3S/c29-26(23-9-5-2-6-10-23)20-27-24-11-13-25(14-12-24)32(30,31)28-17-15-22(16-18-28)19-21-7-3-1-4-8-21/h1-14,22,27H,15-20H2. The molecule has 0 spiro atoms. The van der Waals surface area contributed by atoms with E-state index in [-0.39, 0.29) is 12.3 Å². The van der Waals surface area contributed by atoms with Gasteiger partial charge in [0.25, 0.3) is 0 Å². The molecule has 4 rings (SSSR count). The van der Waals surface area contributed by atoms with Crippen LogP contribution in [0.4, 0.5) is 5.69 Å². The van der Waals surface area contributed by atoms with Gasteiger partial charge in [-0.05, 0) is 55.0 Å². The zero-order chi connectivity index (χ0) is 22.4. The van der Waals surface area contributed by atoms with E-state index in [1.807, 2.05) is 36.4 Å². The molecule has 0 atom stereocenters. The molecule has 1 heterocycles. The van der Waals surface area contributed by atoms with Crippen molar-refractivity contribution in [3.8, 4) is 0 Å². The van der Waals surface area contributed by atoms with Crippen molar-refractivity contribution in [3.63, 3.8) is 0 Å². The Kier molecular flexibility index (Phi) is 7.02. The minimum Gasteiger partial charge on any atom is -0.378 e. The fraction of sp³-hybridized carbons (Fsp3) is 0.269. The Morgan fingerprint density at radius 1 is 0.844 bits per heavy atom. The summed E-state index contributed by atoms with van der Waals surface area (Å²) in [4.78, 5) is 12.5. The van der Waals surface area contributed by atoms with Gasteiger partial charge in [-0.15, -0.1) is 0 Å². The second kappa shape index (κ2) is 10.1. The Labute approximate surface area is 190 Å². The smallest absolute Gasteiger partial charge is 0.243 e. The zero-order valence-corrected chi connectivity index (χ0v) is 18.8. The second-order valence-electron chi connectivity index (χ2n) is 8.20. The number of carbonyl (C=O) groups excluding carboxylic acids is 1. The van der Waals surface area contributed by atoms with Crippen LogP contribution in [0, 0.1) is 5.92 Å². The number of nitrogens with zero attached hydrogens (tertiary/aromatic N) is 1. The van der Waals surface area contributed by atoms with Gasteiger partial charge >= 0.3 is 0 Å². The first-order valence-electron chi connectivity index (χ1n) is 11.0. The number of anilines is 1. The van der Waals surface area contributed by atoms with Gasteiger partial charge in [0.2, 0.25) is 10.0 Å². The quantitative estimate of drug-likeness (QED) is 0.511. The third-order valence-electron chi connectivity index (χ3n) is 5.98. The first-order valence-corrected chi connectivity index (χ1v) is 12.4. The third-order valence-corrected chi connectivity index (χ3v) is 7.89. The summed E-state index contributed by atoms with van der Waals surface area (Å²) in [5.41, 5.74) is 2.67. The Balaban J connectivity index is 1.31. The SMILES string of the molecule is O=C(CNc1ccc(S(=O)(=O)N2CCC(Cc3ccccc3)CC2)cc1)c1ccccc1. The molecule has 0 bridgehead atoms. The summed E-state index contributed by atoms with van der Waals surface area (Å²) in [6.07, 6.45) is 2.74. The summed E-state index contributed by atoms with van der Waals surface area (Å²) in [7, 11) is -3.51. The van der Waals surface area contributed by atoms with Gasteiger partial charge in [0.1, 0.15) is 0 Å². The number of piperidine rings is 1. The molecular weight excluding hydrogens is 420 g/mol. The van der Waals surface area contributed by atoms with E-state index in [9.17, 15) is 13.2 Å². The van der Waals surface area contributed by atoms with Crippen molar-refractivity contribution in [2.75, 3.05) is 25.0 Å². The zero-order valence-electron chi connectivity index (χ0n) is 18.0. The molecule has 166 valence electrons. The van der Waals surface area contributed by atoms with Crippen molar-refractivity contribution >= 4 is 21.5 Å². The molecular formula is C26H28N2O3S. The minimum atomic E-state index is -3.51. The van der Waals surface area contributed by atoms with Crippen LogP contribution in [0.15, 0.2) is 89.8 Å². The number of hydrogen-bond donors (Lipinski definition) is 1. The molecule has 3 aromatic carbocycles. The van der Waals surface area contributed by atoms with E-state index in [0.29, 0.717) is 29.5 Å². The Morgan fingerprint density at radius 3 is 2.06 bits per heavy atom. The number of Topliss-reactive ketones (excluding diaryl/α,β-unsaturated/α-hetero) is 1. The van der Waals surface area contributed by atoms with Crippen LogP contribution in [0.2, 0.25) is 0 Å². The fourth-order valence-electron chi connectivity index (χ4n) is 4.10. The van der Waals surface area contributed by atoms with Crippen LogP contribution in [-0.4, -0.2) is 38.1 Å². The fourth-order valence-corrected chi connectivity index (χ4v) is 5.57. The molecule has 6 heteroatoms. The van der Waals surface area contributed by atoms with Crippen LogP contribution in [-0.2, 0) is 16.4 Å². The molecule has 5 nitrogen and oxygen atoms in total. The van der Waals surface area contributed by atoms with Gasteiger partial charge in [0, 0.05) is 24.3 Å². The van der Waals surface area contributed by atoms with Crippen LogP contribution < -0.4 is 5.32 Å². The summed E-state index contributed by atoms with van der Waals surface area (Å²) in [6, 6.07) is 26.1. The van der Waals surface area contributed by atoms with E-state index >= 15 is 0 Å². The molecule has 0 aromatic heterocycles. The molecule has 0 amide bonds. The highest BCUT2D eigenvalue weighted by atomic mass is 32.2. The van der Waals surface area contributed by atoms with Gasteiger partial charge in [-0.1, -0.05) is 60.7 Å². The maximum Gasteiger partial charge on any atom is 0.243 e. The van der Waals surface area contributed by atoms with E-state index in [0.717, 1.165) is 24.9 Å². The van der Waals surface area contributed by atoms with Crippen molar-refractivity contribution in [2.24, 2.45) is 5.92 Å². The summed E-state index contributed by atoms with van der Waals surface area (Å²) in [5, 5.41) is 3.07. The van der Waals surface area contributed by atoms with Gasteiger partial charge in [0.05, 0.1) is 11.4 Å². The highest BCUT2D eigenvalue weighted by Crippen LogP contribution is 2.26. The molecule has 32 heavy (non-hydrogen) atoms. The Morgan fingerprint density at radius 2 is 1.44 bits per heavy atom. The van der Waals surface area contributed by atoms with E-state index in [1.165, 1.54) is 5.56 Å². The lowest BCUT2D eigenvalue weighted by Gasteiger charge is -2.31. The predicted molar refractivity (Wildman–Crippen MR) is 127 cm³/mol. The number of rotatable bonds is 8. The molecule has 0 radical (unpaired) electrons. The van der Waals surface area contributed by atoms with E-state index in [1.54, 1.807) is 40.7 Å². The lowest BCUT2D eigenvalue weighted by molar-refractivity contribution is 0.101. The summed E-state index contributed by atoms with van der Waals surface area (Å²) in [5.74, 6) is 0.498. The predicted octanol–water partition coefficient (Wildman–Crippen LogP) is 4.62. The second-order valence-corrected chi connectivity index (χ2v) is 10.1. The van der Waals surface area contributed by atoms with Gasteiger partial charge in [0.15, 0.2) is 5.78 Å². The maximum atomic E-state index is 13.1. The molecule has 1 N–H and O–H groups in total. The first kappa shape index (κ1) is 22.2. The van der Waals surface area contributed by atoms with Crippen molar-refractivity contribution in [1.29, 1.82) is 0 Å². The van der Waals surface area contributed by atoms with E-state index in [2.05, 4.69) is 17.4 Å². The number of hydrogen-bond acceptors (Lipinski definition) is 4. The highest BCUT2D eigenvalue weighted by Gasteiger charge is 2.29. The molecule has 0 saturated carbocycles. The number of ketones is 1. The van der Waals surface area contributed by atoms with E-state index < -0.39 is 10.0 Å². The summed E-state index contributed by atoms with van der Waals surface area (Å²) in [6.45, 7) is 1.25. The number of sulfonamides is 1. The monoisotopic (exact) mass is 448 g/mol. The molecule has 0 unspecified atom stereocenters. The van der Waals surface area contributed by atoms with Gasteiger partial charge in [-0.25, -0.2) is 8.42 Å². The van der Waals surface area contributed by atoms with Crippen LogP contribution >= 0.6 is 0 Å². The van der Waals surface area contributed by atoms with Crippen LogP contribution in [0.3, 0.4) is 0 Å². The van der Waals surface area contributed by atoms with Crippen molar-refractivity contribution < 1.29 is 13.2 Å². The minimum absolute atomic E-state index is 0.0133.